The minimum absolute atomic E-state index is 0. The molecule has 0 unspecified atom stereocenters. The largest absolute Gasteiger partial charge is 0.379 e. The number of ether oxygens (including phenoxy) is 1. The van der Waals surface area contributed by atoms with Crippen molar-refractivity contribution in [1.29, 1.82) is 5.26 Å². The predicted octanol–water partition coefficient (Wildman–Crippen LogP) is 4.99. The summed E-state index contributed by atoms with van der Waals surface area (Å²) in [7, 11) is 0. The molecule has 200 valence electrons. The van der Waals surface area contributed by atoms with E-state index in [9.17, 15) is 10.1 Å². The third kappa shape index (κ3) is 5.65. The van der Waals surface area contributed by atoms with Gasteiger partial charge in [-0.25, -0.2) is 9.67 Å². The van der Waals surface area contributed by atoms with Crippen LogP contribution in [0, 0.1) is 18.3 Å². The number of hydrogen-bond acceptors (Lipinski definition) is 7. The number of amides is 1. The van der Waals surface area contributed by atoms with E-state index in [1.807, 2.05) is 6.07 Å². The van der Waals surface area contributed by atoms with Crippen LogP contribution in [0.5, 0.6) is 0 Å². The molecule has 4 heterocycles. The van der Waals surface area contributed by atoms with Crippen LogP contribution in [0.15, 0.2) is 36.8 Å². The molecule has 1 saturated heterocycles. The number of anilines is 1. The fraction of sp³-hybridized carbons (Fsp3) is 0.423. The standard InChI is InChI=1S/C26H27Cl2N7O2.ClH/c1-17-21(15-32-35(17)24-22(28)12-18(27)13-31-24)25(36)33-19-2-3-23(30-14-19)26(16-29)6-4-20(5-7-26)34-8-10-37-11-9-34;/h2-3,12-15,20H,4-11H2,1H3,(H,33,36);1H/t20-,26-;. The Labute approximate surface area is 237 Å². The Kier molecular flexibility index (Phi) is 8.91. The van der Waals surface area contributed by atoms with Crippen LogP contribution in [0.1, 0.15) is 47.4 Å². The summed E-state index contributed by atoms with van der Waals surface area (Å²) in [6.07, 6.45) is 8.01. The highest BCUT2D eigenvalue weighted by molar-refractivity contribution is 6.35. The lowest BCUT2D eigenvalue weighted by Crippen LogP contribution is -2.47. The lowest BCUT2D eigenvalue weighted by molar-refractivity contribution is 0.00493. The monoisotopic (exact) mass is 575 g/mol. The van der Waals surface area contributed by atoms with Gasteiger partial charge in [-0.15, -0.1) is 12.4 Å². The van der Waals surface area contributed by atoms with Crippen molar-refractivity contribution < 1.29 is 9.53 Å². The SMILES string of the molecule is Cc1c(C(=O)Nc2ccc([C@]3(C#N)CC[C@@H](N4CCOCC4)CC3)nc2)cnn1-c1ncc(Cl)cc1Cl.Cl. The first-order valence-corrected chi connectivity index (χ1v) is 13.0. The number of aromatic nitrogens is 4. The molecule has 0 spiro atoms. The van der Waals surface area contributed by atoms with Crippen LogP contribution < -0.4 is 5.32 Å². The topological polar surface area (TPSA) is 109 Å². The van der Waals surface area contributed by atoms with E-state index < -0.39 is 5.41 Å². The first kappa shape index (κ1) is 28.3. The number of nitriles is 1. The summed E-state index contributed by atoms with van der Waals surface area (Å²) in [6.45, 7) is 5.23. The maximum atomic E-state index is 13.0. The molecule has 3 aromatic heterocycles. The average molecular weight is 577 g/mol. The van der Waals surface area contributed by atoms with Crippen molar-refractivity contribution in [3.05, 3.63) is 63.8 Å². The van der Waals surface area contributed by atoms with Gasteiger partial charge in [0.05, 0.1) is 69.8 Å². The molecule has 5 rings (SSSR count). The van der Waals surface area contributed by atoms with Gasteiger partial charge in [0.15, 0.2) is 5.82 Å². The number of rotatable bonds is 5. The van der Waals surface area contributed by atoms with Gasteiger partial charge in [0.2, 0.25) is 0 Å². The van der Waals surface area contributed by atoms with Gasteiger partial charge in [-0.2, -0.15) is 10.4 Å². The summed E-state index contributed by atoms with van der Waals surface area (Å²) < 4.78 is 6.97. The Hall–Kier alpha value is -2.74. The zero-order valence-corrected chi connectivity index (χ0v) is 23.2. The number of carbonyl (C=O) groups is 1. The average Bonchev–Trinajstić information content (AvgIpc) is 3.30. The molecule has 1 amide bonds. The number of hydrogen-bond donors (Lipinski definition) is 1. The molecule has 12 heteroatoms. The van der Waals surface area contributed by atoms with E-state index in [0.29, 0.717) is 38.8 Å². The fourth-order valence-corrected chi connectivity index (χ4v) is 5.65. The Morgan fingerprint density at radius 1 is 1.16 bits per heavy atom. The van der Waals surface area contributed by atoms with Crippen molar-refractivity contribution >= 4 is 47.2 Å². The number of carbonyl (C=O) groups excluding carboxylic acids is 1. The second-order valence-electron chi connectivity index (χ2n) is 9.47. The molecule has 38 heavy (non-hydrogen) atoms. The van der Waals surface area contributed by atoms with E-state index in [4.69, 9.17) is 27.9 Å². The number of pyridine rings is 2. The summed E-state index contributed by atoms with van der Waals surface area (Å²) in [5.74, 6) is 0.0585. The number of nitrogens with zero attached hydrogens (tertiary/aromatic N) is 6. The van der Waals surface area contributed by atoms with Crippen LogP contribution in [-0.2, 0) is 10.2 Å². The maximum Gasteiger partial charge on any atom is 0.259 e. The summed E-state index contributed by atoms with van der Waals surface area (Å²) in [6, 6.07) is 8.26. The summed E-state index contributed by atoms with van der Waals surface area (Å²) in [5, 5.41) is 18.0. The Morgan fingerprint density at radius 3 is 2.53 bits per heavy atom. The zero-order chi connectivity index (χ0) is 26.0. The van der Waals surface area contributed by atoms with E-state index in [2.05, 4.69) is 31.4 Å². The Balaban J connectivity index is 0.00000336. The molecule has 1 aliphatic carbocycles. The highest BCUT2D eigenvalue weighted by Crippen LogP contribution is 2.40. The highest BCUT2D eigenvalue weighted by Gasteiger charge is 2.40. The van der Waals surface area contributed by atoms with Crippen molar-refractivity contribution in [2.24, 2.45) is 0 Å². The molecule has 1 saturated carbocycles. The molecular formula is C26H28Cl3N7O2. The van der Waals surface area contributed by atoms with Crippen molar-refractivity contribution in [3.63, 3.8) is 0 Å². The summed E-state index contributed by atoms with van der Waals surface area (Å²) in [5.41, 5.74) is 1.65. The highest BCUT2D eigenvalue weighted by atomic mass is 35.5. The van der Waals surface area contributed by atoms with E-state index in [1.54, 1.807) is 25.3 Å². The van der Waals surface area contributed by atoms with Crippen LogP contribution in [0.4, 0.5) is 5.69 Å². The lowest BCUT2D eigenvalue weighted by Gasteiger charge is -2.41. The maximum absolute atomic E-state index is 13.0. The first-order valence-electron chi connectivity index (χ1n) is 12.3. The molecule has 9 nitrogen and oxygen atoms in total. The molecular weight excluding hydrogens is 549 g/mol. The Morgan fingerprint density at radius 2 is 1.89 bits per heavy atom. The molecule has 0 aromatic carbocycles. The van der Waals surface area contributed by atoms with Gasteiger partial charge < -0.3 is 10.1 Å². The van der Waals surface area contributed by atoms with E-state index in [0.717, 1.165) is 57.7 Å². The molecule has 1 N–H and O–H groups in total. The van der Waals surface area contributed by atoms with Gasteiger partial charge in [0.25, 0.3) is 5.91 Å². The smallest absolute Gasteiger partial charge is 0.259 e. The van der Waals surface area contributed by atoms with Crippen LogP contribution in [-0.4, -0.2) is 62.9 Å². The summed E-state index contributed by atoms with van der Waals surface area (Å²) >= 11 is 12.2. The van der Waals surface area contributed by atoms with E-state index in [-0.39, 0.29) is 18.3 Å². The lowest BCUT2D eigenvalue weighted by atomic mass is 9.71. The number of halogens is 3. The molecule has 2 aliphatic rings. The van der Waals surface area contributed by atoms with Crippen molar-refractivity contribution in [1.82, 2.24) is 24.6 Å². The minimum Gasteiger partial charge on any atom is -0.379 e. The van der Waals surface area contributed by atoms with Crippen LogP contribution in [0.2, 0.25) is 10.0 Å². The Bertz CT molecular complexity index is 1330. The van der Waals surface area contributed by atoms with Crippen LogP contribution in [0.25, 0.3) is 5.82 Å². The number of morpholine rings is 1. The van der Waals surface area contributed by atoms with Crippen molar-refractivity contribution in [3.8, 4) is 11.9 Å². The predicted molar refractivity (Wildman–Crippen MR) is 147 cm³/mol. The van der Waals surface area contributed by atoms with Crippen molar-refractivity contribution in [2.45, 2.75) is 44.1 Å². The third-order valence-corrected chi connectivity index (χ3v) is 7.82. The van der Waals surface area contributed by atoms with Gasteiger partial charge in [0.1, 0.15) is 0 Å². The molecule has 1 aliphatic heterocycles. The zero-order valence-electron chi connectivity index (χ0n) is 20.9. The van der Waals surface area contributed by atoms with E-state index >= 15 is 0 Å². The quantitative estimate of drug-likeness (QED) is 0.456. The number of nitrogens with one attached hydrogen (secondary N) is 1. The van der Waals surface area contributed by atoms with Crippen molar-refractivity contribution in [2.75, 3.05) is 31.6 Å². The van der Waals surface area contributed by atoms with Crippen LogP contribution in [0.3, 0.4) is 0 Å². The van der Waals surface area contributed by atoms with E-state index in [1.165, 1.54) is 17.1 Å². The summed E-state index contributed by atoms with van der Waals surface area (Å²) in [4.78, 5) is 24.3. The third-order valence-electron chi connectivity index (χ3n) is 7.34. The van der Waals surface area contributed by atoms with Gasteiger partial charge in [-0.05, 0) is 50.8 Å². The molecule has 3 aromatic rings. The molecule has 0 bridgehead atoms. The molecule has 0 atom stereocenters. The van der Waals surface area contributed by atoms with Gasteiger partial charge >= 0.3 is 0 Å². The second kappa shape index (κ2) is 12.0. The fourth-order valence-electron chi connectivity index (χ4n) is 5.19. The normalized spacial score (nSPS) is 21.8. The second-order valence-corrected chi connectivity index (χ2v) is 10.3. The van der Waals surface area contributed by atoms with Gasteiger partial charge in [-0.1, -0.05) is 23.2 Å². The van der Waals surface area contributed by atoms with Gasteiger partial charge in [0, 0.05) is 25.3 Å². The van der Waals surface area contributed by atoms with Crippen LogP contribution >= 0.6 is 35.6 Å². The van der Waals surface area contributed by atoms with Gasteiger partial charge in [-0.3, -0.25) is 14.7 Å². The first-order chi connectivity index (χ1) is 17.9. The minimum atomic E-state index is -0.603. The molecule has 2 fully saturated rings. The molecule has 0 radical (unpaired) electrons.